The van der Waals surface area contributed by atoms with Crippen LogP contribution in [0.5, 0.6) is 5.88 Å². The number of para-hydroxylation sites is 1. The van der Waals surface area contributed by atoms with Crippen LogP contribution >= 0.6 is 0 Å². The third-order valence-corrected chi connectivity index (χ3v) is 4.54. The van der Waals surface area contributed by atoms with Crippen LogP contribution in [-0.4, -0.2) is 9.67 Å². The Balaban J connectivity index is 1.88. The lowest BCUT2D eigenvalue weighted by Gasteiger charge is -2.27. The highest BCUT2D eigenvalue weighted by molar-refractivity contribution is 5.82. The Labute approximate surface area is 94.5 Å². The van der Waals surface area contributed by atoms with Crippen molar-refractivity contribution in [3.8, 4) is 5.88 Å². The fourth-order valence-electron chi connectivity index (χ4n) is 3.35. The Morgan fingerprint density at radius 2 is 2.06 bits per heavy atom. The van der Waals surface area contributed by atoms with Crippen molar-refractivity contribution in [2.24, 2.45) is 5.41 Å². The van der Waals surface area contributed by atoms with Gasteiger partial charge in [0, 0.05) is 17.5 Å². The highest BCUT2D eigenvalue weighted by Crippen LogP contribution is 2.69. The minimum Gasteiger partial charge on any atom is -0.494 e. The summed E-state index contributed by atoms with van der Waals surface area (Å²) in [6.45, 7) is 0. The van der Waals surface area contributed by atoms with E-state index in [0.29, 0.717) is 17.3 Å². The predicted octanol–water partition coefficient (Wildman–Crippen LogP) is 3.46. The van der Waals surface area contributed by atoms with Crippen molar-refractivity contribution in [1.29, 1.82) is 0 Å². The standard InChI is InChI=1S/C14H15NO/c16-13-8-10-4-1-2-5-11(10)15(13)12-9-14(12)6-3-7-14/h1-2,4-5,8,12,16H,3,6-7,9H2. The van der Waals surface area contributed by atoms with Crippen LogP contribution < -0.4 is 0 Å². The maximum absolute atomic E-state index is 10.1. The number of hydrogen-bond donors (Lipinski definition) is 1. The van der Waals surface area contributed by atoms with E-state index < -0.39 is 0 Å². The summed E-state index contributed by atoms with van der Waals surface area (Å²) in [5.41, 5.74) is 1.74. The van der Waals surface area contributed by atoms with Gasteiger partial charge in [0.15, 0.2) is 5.88 Å². The number of fused-ring (bicyclic) bond motifs is 1. The fraction of sp³-hybridized carbons (Fsp3) is 0.429. The Bertz CT molecular complexity index is 565. The quantitative estimate of drug-likeness (QED) is 0.771. The molecule has 1 N–H and O–H groups in total. The van der Waals surface area contributed by atoms with E-state index in [1.54, 1.807) is 0 Å². The van der Waals surface area contributed by atoms with Crippen LogP contribution in [0.3, 0.4) is 0 Å². The Morgan fingerprint density at radius 3 is 2.75 bits per heavy atom. The first-order chi connectivity index (χ1) is 7.80. The van der Waals surface area contributed by atoms with Gasteiger partial charge in [-0.1, -0.05) is 24.6 Å². The zero-order chi connectivity index (χ0) is 10.8. The normalized spacial score (nSPS) is 25.9. The van der Waals surface area contributed by atoms with Crippen LogP contribution in [0, 0.1) is 5.41 Å². The van der Waals surface area contributed by atoms with Crippen LogP contribution in [0.15, 0.2) is 30.3 Å². The summed E-state index contributed by atoms with van der Waals surface area (Å²) in [5, 5.41) is 11.2. The van der Waals surface area contributed by atoms with Crippen molar-refractivity contribution in [1.82, 2.24) is 4.57 Å². The molecule has 1 heterocycles. The molecule has 0 bridgehead atoms. The maximum atomic E-state index is 10.1. The molecule has 1 aromatic carbocycles. The molecule has 1 atom stereocenters. The topological polar surface area (TPSA) is 25.2 Å². The van der Waals surface area contributed by atoms with Crippen LogP contribution in [-0.2, 0) is 0 Å². The van der Waals surface area contributed by atoms with Gasteiger partial charge in [-0.05, 0) is 30.7 Å². The summed E-state index contributed by atoms with van der Waals surface area (Å²) in [4.78, 5) is 0. The second kappa shape index (κ2) is 2.62. The molecule has 0 saturated heterocycles. The van der Waals surface area contributed by atoms with Crippen LogP contribution in [0.25, 0.3) is 10.9 Å². The van der Waals surface area contributed by atoms with Crippen molar-refractivity contribution in [2.75, 3.05) is 0 Å². The van der Waals surface area contributed by atoms with Gasteiger partial charge >= 0.3 is 0 Å². The van der Waals surface area contributed by atoms with Crippen LogP contribution in [0.4, 0.5) is 0 Å². The monoisotopic (exact) mass is 213 g/mol. The summed E-state index contributed by atoms with van der Waals surface area (Å²) in [6.07, 6.45) is 5.34. The molecule has 2 heteroatoms. The van der Waals surface area contributed by atoms with E-state index >= 15 is 0 Å². The summed E-state index contributed by atoms with van der Waals surface area (Å²) < 4.78 is 2.15. The van der Waals surface area contributed by atoms with Crippen molar-refractivity contribution in [3.05, 3.63) is 30.3 Å². The molecule has 1 spiro atoms. The molecule has 0 amide bonds. The Hall–Kier alpha value is -1.44. The lowest BCUT2D eigenvalue weighted by Crippen LogP contribution is -2.16. The van der Waals surface area contributed by atoms with E-state index in [2.05, 4.69) is 16.7 Å². The second-order valence-corrected chi connectivity index (χ2v) is 5.37. The number of nitrogens with zero attached hydrogens (tertiary/aromatic N) is 1. The minimum absolute atomic E-state index is 0.440. The van der Waals surface area contributed by atoms with Crippen LogP contribution in [0.1, 0.15) is 31.7 Å². The fourth-order valence-corrected chi connectivity index (χ4v) is 3.35. The van der Waals surface area contributed by atoms with E-state index in [1.165, 1.54) is 31.2 Å². The molecule has 1 aromatic heterocycles. The molecule has 2 aromatic rings. The third-order valence-electron chi connectivity index (χ3n) is 4.54. The highest BCUT2D eigenvalue weighted by atomic mass is 16.3. The molecule has 4 rings (SSSR count). The smallest absolute Gasteiger partial charge is 0.192 e. The molecule has 0 aliphatic heterocycles. The zero-order valence-corrected chi connectivity index (χ0v) is 9.19. The van der Waals surface area contributed by atoms with E-state index in [9.17, 15) is 5.11 Å². The van der Waals surface area contributed by atoms with E-state index in [4.69, 9.17) is 0 Å². The molecule has 82 valence electrons. The first-order valence-electron chi connectivity index (χ1n) is 6.09. The van der Waals surface area contributed by atoms with Gasteiger partial charge in [-0.15, -0.1) is 0 Å². The molecule has 2 aliphatic rings. The van der Waals surface area contributed by atoms with Gasteiger partial charge in [-0.2, -0.15) is 0 Å². The van der Waals surface area contributed by atoms with Crippen molar-refractivity contribution in [2.45, 2.75) is 31.7 Å². The first-order valence-corrected chi connectivity index (χ1v) is 6.09. The number of rotatable bonds is 1. The van der Waals surface area contributed by atoms with Gasteiger partial charge in [0.25, 0.3) is 0 Å². The van der Waals surface area contributed by atoms with E-state index in [1.807, 2.05) is 18.2 Å². The number of aromatic hydroxyl groups is 1. The van der Waals surface area contributed by atoms with Gasteiger partial charge < -0.3 is 9.67 Å². The molecule has 2 fully saturated rings. The lowest BCUT2D eigenvalue weighted by molar-refractivity contribution is 0.254. The first kappa shape index (κ1) is 8.68. The SMILES string of the molecule is Oc1cc2ccccc2n1C1CC12CCC2. The van der Waals surface area contributed by atoms with Crippen molar-refractivity contribution in [3.63, 3.8) is 0 Å². The molecule has 2 saturated carbocycles. The van der Waals surface area contributed by atoms with Gasteiger partial charge in [0.05, 0.1) is 5.52 Å². The molecule has 1 unspecified atom stereocenters. The van der Waals surface area contributed by atoms with Crippen molar-refractivity contribution >= 4 is 10.9 Å². The van der Waals surface area contributed by atoms with Gasteiger partial charge in [-0.25, -0.2) is 0 Å². The highest BCUT2D eigenvalue weighted by Gasteiger charge is 2.59. The predicted molar refractivity (Wildman–Crippen MR) is 63.5 cm³/mol. The summed E-state index contributed by atoms with van der Waals surface area (Å²) >= 11 is 0. The van der Waals surface area contributed by atoms with Gasteiger partial charge in [0.2, 0.25) is 0 Å². The maximum Gasteiger partial charge on any atom is 0.192 e. The number of hydrogen-bond acceptors (Lipinski definition) is 1. The zero-order valence-electron chi connectivity index (χ0n) is 9.19. The van der Waals surface area contributed by atoms with E-state index in [-0.39, 0.29) is 0 Å². The average Bonchev–Trinajstić information content (AvgIpc) is 2.89. The average molecular weight is 213 g/mol. The Kier molecular flexibility index (Phi) is 1.42. The molecule has 2 nitrogen and oxygen atoms in total. The largest absolute Gasteiger partial charge is 0.494 e. The summed E-state index contributed by atoms with van der Waals surface area (Å²) in [6, 6.07) is 10.7. The Morgan fingerprint density at radius 1 is 1.25 bits per heavy atom. The van der Waals surface area contributed by atoms with Crippen molar-refractivity contribution < 1.29 is 5.11 Å². The number of aromatic nitrogens is 1. The molecule has 0 radical (unpaired) electrons. The number of benzene rings is 1. The van der Waals surface area contributed by atoms with Gasteiger partial charge in [-0.3, -0.25) is 0 Å². The molecule has 2 aliphatic carbocycles. The minimum atomic E-state index is 0.440. The third kappa shape index (κ3) is 0.927. The second-order valence-electron chi connectivity index (χ2n) is 5.37. The molecular formula is C14H15NO. The lowest BCUT2D eigenvalue weighted by atomic mass is 9.81. The molecular weight excluding hydrogens is 198 g/mol. The molecule has 16 heavy (non-hydrogen) atoms. The van der Waals surface area contributed by atoms with E-state index in [0.717, 1.165) is 5.39 Å². The summed E-state index contributed by atoms with van der Waals surface area (Å²) in [7, 11) is 0. The summed E-state index contributed by atoms with van der Waals surface area (Å²) in [5.74, 6) is 0.440. The van der Waals surface area contributed by atoms with Gasteiger partial charge in [0.1, 0.15) is 0 Å². The van der Waals surface area contributed by atoms with Crippen LogP contribution in [0.2, 0.25) is 0 Å².